The van der Waals surface area contributed by atoms with Crippen LogP contribution in [0.3, 0.4) is 0 Å². The second-order valence-electron chi connectivity index (χ2n) is 13.8. The lowest BCUT2D eigenvalue weighted by Gasteiger charge is -2.29. The number of fused-ring (bicyclic) bond motifs is 1. The molecule has 2 fully saturated rings. The van der Waals surface area contributed by atoms with E-state index in [2.05, 4.69) is 34.9 Å². The van der Waals surface area contributed by atoms with Gasteiger partial charge in [-0.15, -0.1) is 0 Å². The summed E-state index contributed by atoms with van der Waals surface area (Å²) in [6.45, 7) is 5.34. The molecule has 0 radical (unpaired) electrons. The highest BCUT2D eigenvalue weighted by atomic mass is 35.5. The van der Waals surface area contributed by atoms with Crippen molar-refractivity contribution in [3.63, 3.8) is 0 Å². The van der Waals surface area contributed by atoms with Crippen LogP contribution >= 0.6 is 23.2 Å². The van der Waals surface area contributed by atoms with Crippen LogP contribution in [0.15, 0.2) is 48.5 Å². The van der Waals surface area contributed by atoms with Gasteiger partial charge in [-0.1, -0.05) is 66.4 Å². The van der Waals surface area contributed by atoms with Crippen molar-refractivity contribution in [3.8, 4) is 28.4 Å². The molecule has 9 heteroatoms. The van der Waals surface area contributed by atoms with Crippen molar-refractivity contribution >= 4 is 23.2 Å². The van der Waals surface area contributed by atoms with Crippen LogP contribution in [0.5, 0.6) is 17.2 Å². The predicted molar refractivity (Wildman–Crippen MR) is 196 cm³/mol. The Morgan fingerprint density at radius 1 is 0.918 bits per heavy atom. The summed E-state index contributed by atoms with van der Waals surface area (Å²) >= 11 is 13.8. The molecule has 2 aliphatic carbocycles. The van der Waals surface area contributed by atoms with Crippen LogP contribution in [-0.2, 0) is 13.0 Å². The van der Waals surface area contributed by atoms with Gasteiger partial charge in [0.2, 0.25) is 0 Å². The third kappa shape index (κ3) is 9.22. The molecule has 1 aliphatic heterocycles. The first-order chi connectivity index (χ1) is 23.9. The Bertz CT molecular complexity index is 1540. The number of halogens is 3. The van der Waals surface area contributed by atoms with E-state index in [-0.39, 0.29) is 18.2 Å². The van der Waals surface area contributed by atoms with E-state index in [1.165, 1.54) is 5.56 Å². The SMILES string of the molecule is CCOc1cc(O[C@H]2CCc3c(-c4cccc(OCCCC5CCC(F)CCNC5)c4Cl)cccc32)c(Cl)cc1CN[C@@H]1CCCC[C@@H]1O. The number of ether oxygens (including phenoxy) is 3. The van der Waals surface area contributed by atoms with E-state index in [4.69, 9.17) is 37.4 Å². The summed E-state index contributed by atoms with van der Waals surface area (Å²) in [6.07, 6.45) is 8.61. The number of rotatable bonds is 13. The maximum Gasteiger partial charge on any atom is 0.142 e. The van der Waals surface area contributed by atoms with E-state index in [9.17, 15) is 9.50 Å². The van der Waals surface area contributed by atoms with Gasteiger partial charge in [0.05, 0.1) is 29.4 Å². The molecule has 49 heavy (non-hydrogen) atoms. The molecule has 0 spiro atoms. The van der Waals surface area contributed by atoms with E-state index in [1.807, 2.05) is 31.2 Å². The smallest absolute Gasteiger partial charge is 0.142 e. The van der Waals surface area contributed by atoms with Crippen molar-refractivity contribution < 1.29 is 23.7 Å². The largest absolute Gasteiger partial charge is 0.493 e. The molecule has 0 aromatic heterocycles. The lowest BCUT2D eigenvalue weighted by atomic mass is 9.92. The molecular formula is C40H51Cl2FN2O4. The van der Waals surface area contributed by atoms with Gasteiger partial charge in [-0.25, -0.2) is 4.39 Å². The molecule has 1 saturated heterocycles. The Morgan fingerprint density at radius 2 is 1.76 bits per heavy atom. The highest BCUT2D eigenvalue weighted by Crippen LogP contribution is 2.45. The molecular weight excluding hydrogens is 662 g/mol. The second kappa shape index (κ2) is 17.6. The second-order valence-corrected chi connectivity index (χ2v) is 14.6. The topological polar surface area (TPSA) is 72.0 Å². The van der Waals surface area contributed by atoms with Crippen LogP contribution in [0.2, 0.25) is 10.0 Å². The molecule has 0 bridgehead atoms. The number of nitrogens with one attached hydrogen (secondary N) is 2. The zero-order valence-corrected chi connectivity index (χ0v) is 30.1. The fraction of sp³-hybridized carbons (Fsp3) is 0.550. The molecule has 2 unspecified atom stereocenters. The average molecular weight is 714 g/mol. The Kier molecular flexibility index (Phi) is 13.0. The van der Waals surface area contributed by atoms with Gasteiger partial charge in [0, 0.05) is 29.8 Å². The fourth-order valence-electron chi connectivity index (χ4n) is 7.69. The maximum absolute atomic E-state index is 13.9. The zero-order valence-electron chi connectivity index (χ0n) is 28.6. The lowest BCUT2D eigenvalue weighted by molar-refractivity contribution is 0.0901. The van der Waals surface area contributed by atoms with Crippen LogP contribution in [0.1, 0.15) is 93.9 Å². The first-order valence-corrected chi connectivity index (χ1v) is 19.1. The monoisotopic (exact) mass is 712 g/mol. The standard InChI is InChI=1S/C40H51Cl2FN2O4/c1-2-47-38-23-39(33(41)22-27(38)25-45-34-12-3-4-13-35(34)46)49-36-18-17-30-29(9-5-10-31(30)36)32-11-6-14-37(40(32)42)48-21-7-8-26-15-16-28(43)19-20-44-24-26/h5-6,9-11,14,22-23,26,28,34-36,44-46H,2-4,7-8,12-13,15-21,24-25H2,1H3/t26?,28?,34-,35+,36+/m1/s1. The number of alkyl halides is 1. The summed E-state index contributed by atoms with van der Waals surface area (Å²) < 4.78 is 32.7. The molecule has 3 aromatic rings. The number of benzene rings is 3. The van der Waals surface area contributed by atoms with Crippen LogP contribution in [0.4, 0.5) is 4.39 Å². The minimum Gasteiger partial charge on any atom is -0.493 e. The van der Waals surface area contributed by atoms with Gasteiger partial charge >= 0.3 is 0 Å². The minimum atomic E-state index is -0.692. The van der Waals surface area contributed by atoms with Gasteiger partial charge in [-0.3, -0.25) is 0 Å². The van der Waals surface area contributed by atoms with Gasteiger partial charge in [0.15, 0.2) is 0 Å². The Labute approximate surface area is 301 Å². The van der Waals surface area contributed by atoms with Crippen molar-refractivity contribution in [2.75, 3.05) is 26.3 Å². The van der Waals surface area contributed by atoms with E-state index in [1.54, 1.807) is 0 Å². The van der Waals surface area contributed by atoms with Crippen molar-refractivity contribution in [2.24, 2.45) is 5.92 Å². The molecule has 0 amide bonds. The van der Waals surface area contributed by atoms with Crippen LogP contribution < -0.4 is 24.8 Å². The minimum absolute atomic E-state index is 0.0778. The van der Waals surface area contributed by atoms with Gasteiger partial charge in [0.25, 0.3) is 0 Å². The zero-order chi connectivity index (χ0) is 34.2. The molecule has 6 nitrogen and oxygen atoms in total. The van der Waals surface area contributed by atoms with Crippen molar-refractivity contribution in [1.29, 1.82) is 0 Å². The Balaban J connectivity index is 1.11. The third-order valence-corrected chi connectivity index (χ3v) is 11.1. The van der Waals surface area contributed by atoms with Gasteiger partial charge in [0.1, 0.15) is 29.5 Å². The predicted octanol–water partition coefficient (Wildman–Crippen LogP) is 9.41. The number of hydrogen-bond donors (Lipinski definition) is 3. The summed E-state index contributed by atoms with van der Waals surface area (Å²) in [5.41, 5.74) is 5.35. The summed E-state index contributed by atoms with van der Waals surface area (Å²) in [5, 5.41) is 18.5. The highest BCUT2D eigenvalue weighted by Gasteiger charge is 2.29. The van der Waals surface area contributed by atoms with Crippen LogP contribution in [0, 0.1) is 5.92 Å². The molecule has 3 N–H and O–H groups in total. The molecule has 5 atom stereocenters. The highest BCUT2D eigenvalue weighted by molar-refractivity contribution is 6.35. The van der Waals surface area contributed by atoms with Crippen molar-refractivity contribution in [2.45, 2.75) is 109 Å². The molecule has 1 saturated carbocycles. The van der Waals surface area contributed by atoms with E-state index in [0.717, 1.165) is 98.9 Å². The summed E-state index contributed by atoms with van der Waals surface area (Å²) in [7, 11) is 0. The van der Waals surface area contributed by atoms with Gasteiger partial charge < -0.3 is 30.0 Å². The Morgan fingerprint density at radius 3 is 2.61 bits per heavy atom. The molecule has 266 valence electrons. The molecule has 6 rings (SSSR count). The Hall–Kier alpha value is -2.55. The summed E-state index contributed by atoms with van der Waals surface area (Å²) in [5.74, 6) is 2.50. The molecule has 1 heterocycles. The van der Waals surface area contributed by atoms with Gasteiger partial charge in [-0.2, -0.15) is 0 Å². The number of aliphatic hydroxyl groups is 1. The summed E-state index contributed by atoms with van der Waals surface area (Å²) in [6, 6.07) is 16.2. The van der Waals surface area contributed by atoms with E-state index in [0.29, 0.717) is 60.1 Å². The normalized spacial score (nSPS) is 24.1. The third-order valence-electron chi connectivity index (χ3n) is 10.4. The van der Waals surface area contributed by atoms with E-state index >= 15 is 0 Å². The van der Waals surface area contributed by atoms with Crippen molar-refractivity contribution in [1.82, 2.24) is 10.6 Å². The number of aliphatic hydroxyl groups excluding tert-OH is 1. The maximum atomic E-state index is 13.9. The first kappa shape index (κ1) is 36.2. The summed E-state index contributed by atoms with van der Waals surface area (Å²) in [4.78, 5) is 0. The van der Waals surface area contributed by atoms with Gasteiger partial charge in [-0.05, 0) is 113 Å². The quantitative estimate of drug-likeness (QED) is 0.153. The van der Waals surface area contributed by atoms with Crippen LogP contribution in [-0.4, -0.2) is 49.7 Å². The fourth-order valence-corrected chi connectivity index (χ4v) is 8.20. The number of hydrogen-bond acceptors (Lipinski definition) is 6. The van der Waals surface area contributed by atoms with Crippen LogP contribution in [0.25, 0.3) is 11.1 Å². The lowest BCUT2D eigenvalue weighted by Crippen LogP contribution is -2.41. The first-order valence-electron chi connectivity index (χ1n) is 18.3. The molecule has 3 aromatic carbocycles. The average Bonchev–Trinajstić information content (AvgIpc) is 3.51. The van der Waals surface area contributed by atoms with Crippen molar-refractivity contribution in [3.05, 3.63) is 75.3 Å². The van der Waals surface area contributed by atoms with E-state index < -0.39 is 6.17 Å². The molecule has 3 aliphatic rings.